The number of hydrogen-bond donors (Lipinski definition) is 0. The molecule has 1 aromatic carbocycles. The third kappa shape index (κ3) is 8.70. The zero-order chi connectivity index (χ0) is 16.9. The van der Waals surface area contributed by atoms with Gasteiger partial charge in [-0.05, 0) is 31.5 Å². The predicted molar refractivity (Wildman–Crippen MR) is 104 cm³/mol. The number of hydrogen-bond acceptors (Lipinski definition) is 3. The number of ether oxygens (including phenoxy) is 1. The van der Waals surface area contributed by atoms with Crippen molar-refractivity contribution in [1.29, 1.82) is 0 Å². The van der Waals surface area contributed by atoms with E-state index in [1.165, 1.54) is 12.8 Å². The van der Waals surface area contributed by atoms with Gasteiger partial charge in [0.1, 0.15) is 0 Å². The molecule has 1 aromatic rings. The smallest absolute Gasteiger partial charge is 0.313 e. The van der Waals surface area contributed by atoms with Crippen molar-refractivity contribution in [3.63, 3.8) is 0 Å². The van der Waals surface area contributed by atoms with Gasteiger partial charge in [0.25, 0.3) is 0 Å². The van der Waals surface area contributed by atoms with Crippen LogP contribution in [0.15, 0.2) is 30.3 Å². The summed E-state index contributed by atoms with van der Waals surface area (Å²) in [7, 11) is 0. The van der Waals surface area contributed by atoms with Gasteiger partial charge >= 0.3 is 5.97 Å². The molecule has 1 atom stereocenters. The van der Waals surface area contributed by atoms with Gasteiger partial charge in [0, 0.05) is 6.54 Å². The Morgan fingerprint density at radius 1 is 1.04 bits per heavy atom. The minimum Gasteiger partial charge on any atom is -0.465 e. The molecule has 0 amide bonds. The van der Waals surface area contributed by atoms with Crippen LogP contribution in [0.4, 0.5) is 0 Å². The second kappa shape index (κ2) is 14.3. The van der Waals surface area contributed by atoms with Gasteiger partial charge in [-0.15, -0.1) is 12.4 Å². The van der Waals surface area contributed by atoms with Crippen molar-refractivity contribution >= 4 is 18.4 Å². The first-order chi connectivity index (χ1) is 11.2. The summed E-state index contributed by atoms with van der Waals surface area (Å²) in [4.78, 5) is 14.8. The van der Waals surface area contributed by atoms with Gasteiger partial charge in [-0.3, -0.25) is 4.79 Å². The van der Waals surface area contributed by atoms with E-state index in [4.69, 9.17) is 4.74 Å². The molecule has 0 spiro atoms. The van der Waals surface area contributed by atoms with E-state index >= 15 is 0 Å². The van der Waals surface area contributed by atoms with Crippen molar-refractivity contribution in [2.75, 3.05) is 26.2 Å². The van der Waals surface area contributed by atoms with E-state index in [0.29, 0.717) is 6.61 Å². The summed E-state index contributed by atoms with van der Waals surface area (Å²) in [5.41, 5.74) is 1.08. The van der Waals surface area contributed by atoms with Crippen LogP contribution < -0.4 is 0 Å². The van der Waals surface area contributed by atoms with Gasteiger partial charge in [-0.1, -0.05) is 70.4 Å². The Kier molecular flexibility index (Phi) is 13.7. The number of rotatable bonds is 12. The Morgan fingerprint density at radius 2 is 1.71 bits per heavy atom. The van der Waals surface area contributed by atoms with Gasteiger partial charge in [0.2, 0.25) is 0 Å². The number of carbonyl (C=O) groups is 1. The Balaban J connectivity index is 0.00000529. The fraction of sp³-hybridized carbons (Fsp3) is 0.650. The summed E-state index contributed by atoms with van der Waals surface area (Å²) in [6.45, 7) is 10.1. The second-order valence-corrected chi connectivity index (χ2v) is 6.01. The largest absolute Gasteiger partial charge is 0.465 e. The molecule has 4 heteroatoms. The molecule has 1 rings (SSSR count). The molecule has 3 nitrogen and oxygen atoms in total. The zero-order valence-corrected chi connectivity index (χ0v) is 16.3. The average Bonchev–Trinajstić information content (AvgIpc) is 2.59. The molecule has 0 aliphatic carbocycles. The highest BCUT2D eigenvalue weighted by Gasteiger charge is 2.21. The van der Waals surface area contributed by atoms with Gasteiger partial charge < -0.3 is 9.64 Å². The quantitative estimate of drug-likeness (QED) is 0.388. The highest BCUT2D eigenvalue weighted by Crippen LogP contribution is 2.24. The third-order valence-corrected chi connectivity index (χ3v) is 4.34. The Morgan fingerprint density at radius 3 is 2.29 bits per heavy atom. The van der Waals surface area contributed by atoms with Crippen molar-refractivity contribution in [3.8, 4) is 0 Å². The Hall–Kier alpha value is -1.06. The van der Waals surface area contributed by atoms with E-state index in [9.17, 15) is 4.79 Å². The van der Waals surface area contributed by atoms with E-state index in [1.807, 2.05) is 30.3 Å². The van der Waals surface area contributed by atoms with Crippen molar-refractivity contribution in [2.24, 2.45) is 0 Å². The van der Waals surface area contributed by atoms with Crippen LogP contribution in [0.1, 0.15) is 64.4 Å². The summed E-state index contributed by atoms with van der Waals surface area (Å²) < 4.78 is 5.56. The molecule has 0 saturated heterocycles. The SMILES string of the molecule is CCCCCC(C(=O)OCCCN(CC)CC)c1ccccc1.Cl. The molecule has 24 heavy (non-hydrogen) atoms. The van der Waals surface area contributed by atoms with E-state index in [2.05, 4.69) is 25.7 Å². The number of esters is 1. The maximum atomic E-state index is 12.5. The lowest BCUT2D eigenvalue weighted by Gasteiger charge is -2.19. The fourth-order valence-electron chi connectivity index (χ4n) is 2.81. The number of unbranched alkanes of at least 4 members (excludes halogenated alkanes) is 2. The molecular formula is C20H34ClNO2. The van der Waals surface area contributed by atoms with Gasteiger partial charge in [-0.2, -0.15) is 0 Å². The first-order valence-electron chi connectivity index (χ1n) is 9.16. The normalized spacial score (nSPS) is 11.8. The minimum atomic E-state index is -0.115. The molecule has 0 heterocycles. The van der Waals surface area contributed by atoms with Crippen molar-refractivity contribution in [3.05, 3.63) is 35.9 Å². The summed E-state index contributed by atoms with van der Waals surface area (Å²) in [5.74, 6) is -0.178. The topological polar surface area (TPSA) is 29.5 Å². The molecular weight excluding hydrogens is 322 g/mol. The molecule has 0 bridgehead atoms. The molecule has 0 N–H and O–H groups in total. The molecule has 0 fully saturated rings. The molecule has 0 radical (unpaired) electrons. The first-order valence-corrected chi connectivity index (χ1v) is 9.16. The van der Waals surface area contributed by atoms with Crippen LogP contribution in [0, 0.1) is 0 Å². The predicted octanol–water partition coefficient (Wildman–Crippen LogP) is 5.05. The highest BCUT2D eigenvalue weighted by molar-refractivity contribution is 5.85. The Bertz CT molecular complexity index is 421. The molecule has 0 saturated carbocycles. The van der Waals surface area contributed by atoms with Crippen LogP contribution in [0.3, 0.4) is 0 Å². The van der Waals surface area contributed by atoms with Crippen molar-refractivity contribution in [1.82, 2.24) is 4.90 Å². The highest BCUT2D eigenvalue weighted by atomic mass is 35.5. The number of nitrogens with zero attached hydrogens (tertiary/aromatic N) is 1. The number of halogens is 1. The van der Waals surface area contributed by atoms with Crippen molar-refractivity contribution in [2.45, 2.75) is 58.8 Å². The Labute approximate surface area is 154 Å². The van der Waals surface area contributed by atoms with Gasteiger partial charge in [0.15, 0.2) is 0 Å². The standard InChI is InChI=1S/C20H33NO2.ClH/c1-4-7-9-15-19(18-13-10-8-11-14-18)20(22)23-17-12-16-21(5-2)6-3;/h8,10-11,13-14,19H,4-7,9,12,15-17H2,1-3H3;1H. The van der Waals surface area contributed by atoms with Crippen LogP contribution in [0.5, 0.6) is 0 Å². The van der Waals surface area contributed by atoms with E-state index in [1.54, 1.807) is 0 Å². The molecule has 0 aliphatic rings. The third-order valence-electron chi connectivity index (χ3n) is 4.34. The van der Waals surface area contributed by atoms with E-state index < -0.39 is 0 Å². The van der Waals surface area contributed by atoms with Gasteiger partial charge in [0.05, 0.1) is 12.5 Å². The van der Waals surface area contributed by atoms with Crippen molar-refractivity contribution < 1.29 is 9.53 Å². The van der Waals surface area contributed by atoms with Crippen LogP contribution >= 0.6 is 12.4 Å². The summed E-state index contributed by atoms with van der Waals surface area (Å²) in [6.07, 6.45) is 5.19. The number of carbonyl (C=O) groups excluding carboxylic acids is 1. The lowest BCUT2D eigenvalue weighted by molar-refractivity contribution is -0.145. The fourth-order valence-corrected chi connectivity index (χ4v) is 2.81. The first kappa shape index (κ1) is 22.9. The summed E-state index contributed by atoms with van der Waals surface area (Å²) in [5, 5.41) is 0. The molecule has 0 aliphatic heterocycles. The number of benzene rings is 1. The molecule has 138 valence electrons. The van der Waals surface area contributed by atoms with E-state index in [-0.39, 0.29) is 24.3 Å². The monoisotopic (exact) mass is 355 g/mol. The van der Waals surface area contributed by atoms with Crippen LogP contribution in [-0.4, -0.2) is 37.1 Å². The van der Waals surface area contributed by atoms with Crippen LogP contribution in [0.2, 0.25) is 0 Å². The zero-order valence-electron chi connectivity index (χ0n) is 15.5. The lowest BCUT2D eigenvalue weighted by Crippen LogP contribution is -2.25. The summed E-state index contributed by atoms with van der Waals surface area (Å²) >= 11 is 0. The van der Waals surface area contributed by atoms with Gasteiger partial charge in [-0.25, -0.2) is 0 Å². The lowest BCUT2D eigenvalue weighted by atomic mass is 9.93. The molecule has 1 unspecified atom stereocenters. The summed E-state index contributed by atoms with van der Waals surface area (Å²) in [6, 6.07) is 10.1. The molecule has 0 aromatic heterocycles. The maximum absolute atomic E-state index is 12.5. The maximum Gasteiger partial charge on any atom is 0.313 e. The average molecular weight is 356 g/mol. The van der Waals surface area contributed by atoms with Crippen LogP contribution in [0.25, 0.3) is 0 Å². The second-order valence-electron chi connectivity index (χ2n) is 6.01. The van der Waals surface area contributed by atoms with Crippen LogP contribution in [-0.2, 0) is 9.53 Å². The van der Waals surface area contributed by atoms with E-state index in [0.717, 1.165) is 44.5 Å². The minimum absolute atomic E-state index is 0.